The van der Waals surface area contributed by atoms with Gasteiger partial charge in [-0.15, -0.1) is 0 Å². The third-order valence-electron chi connectivity index (χ3n) is 4.42. The van der Waals surface area contributed by atoms with Crippen LogP contribution in [0.1, 0.15) is 65.7 Å². The Kier molecular flexibility index (Phi) is 10.3. The molecule has 0 aromatic heterocycles. The van der Waals surface area contributed by atoms with Crippen LogP contribution in [0.15, 0.2) is 0 Å². The smallest absolute Gasteiger partial charge is 0.0700 e. The summed E-state index contributed by atoms with van der Waals surface area (Å²) in [6.07, 6.45) is 9.12. The molecule has 0 radical (unpaired) electrons. The van der Waals surface area contributed by atoms with Crippen molar-refractivity contribution in [2.24, 2.45) is 11.3 Å². The molecule has 0 bridgehead atoms. The first-order valence-electron chi connectivity index (χ1n) is 8.92. The Labute approximate surface area is 131 Å². The van der Waals surface area contributed by atoms with E-state index < -0.39 is 0 Å². The summed E-state index contributed by atoms with van der Waals surface area (Å²) in [6.45, 7) is 11.7. The molecule has 0 spiro atoms. The van der Waals surface area contributed by atoms with Gasteiger partial charge in [-0.3, -0.25) is 0 Å². The van der Waals surface area contributed by atoms with E-state index in [1.807, 2.05) is 0 Å². The minimum atomic E-state index is 0.302. The second kappa shape index (κ2) is 11.4. The van der Waals surface area contributed by atoms with Gasteiger partial charge in [-0.2, -0.15) is 0 Å². The molecule has 126 valence electrons. The number of ether oxygens (including phenoxy) is 3. The SMILES string of the molecule is CCC1(COCCOCCCCCCCC(C)C)COC1. The van der Waals surface area contributed by atoms with E-state index in [9.17, 15) is 0 Å². The maximum absolute atomic E-state index is 5.71. The van der Waals surface area contributed by atoms with Gasteiger partial charge in [0.15, 0.2) is 0 Å². The molecule has 3 nitrogen and oxygen atoms in total. The molecule has 0 amide bonds. The Morgan fingerprint density at radius 1 is 0.905 bits per heavy atom. The van der Waals surface area contributed by atoms with Crippen molar-refractivity contribution >= 4 is 0 Å². The molecule has 0 aromatic carbocycles. The Hall–Kier alpha value is -0.120. The lowest BCUT2D eigenvalue weighted by Gasteiger charge is -2.40. The lowest BCUT2D eigenvalue weighted by molar-refractivity contribution is -0.152. The van der Waals surface area contributed by atoms with Gasteiger partial charge >= 0.3 is 0 Å². The summed E-state index contributed by atoms with van der Waals surface area (Å²) in [5.74, 6) is 0.853. The molecule has 1 fully saturated rings. The Morgan fingerprint density at radius 2 is 1.57 bits per heavy atom. The van der Waals surface area contributed by atoms with Gasteiger partial charge in [0.1, 0.15) is 0 Å². The molecule has 0 unspecified atom stereocenters. The highest BCUT2D eigenvalue weighted by Gasteiger charge is 2.36. The van der Waals surface area contributed by atoms with E-state index >= 15 is 0 Å². The quantitative estimate of drug-likeness (QED) is 0.444. The third-order valence-corrected chi connectivity index (χ3v) is 4.42. The summed E-state index contributed by atoms with van der Waals surface area (Å²) < 4.78 is 16.6. The molecule has 1 saturated heterocycles. The maximum atomic E-state index is 5.71. The van der Waals surface area contributed by atoms with Gasteiger partial charge in [-0.05, 0) is 18.8 Å². The lowest BCUT2D eigenvalue weighted by atomic mass is 9.84. The molecule has 1 aliphatic heterocycles. The molecule has 0 atom stereocenters. The van der Waals surface area contributed by atoms with Crippen LogP contribution in [0.3, 0.4) is 0 Å². The first-order chi connectivity index (χ1) is 10.2. The van der Waals surface area contributed by atoms with Gasteiger partial charge in [-0.25, -0.2) is 0 Å². The molecule has 21 heavy (non-hydrogen) atoms. The summed E-state index contributed by atoms with van der Waals surface area (Å²) >= 11 is 0. The number of rotatable bonds is 14. The van der Waals surface area contributed by atoms with Crippen molar-refractivity contribution in [1.29, 1.82) is 0 Å². The van der Waals surface area contributed by atoms with Gasteiger partial charge in [-0.1, -0.05) is 52.9 Å². The van der Waals surface area contributed by atoms with Gasteiger partial charge in [0.05, 0.1) is 33.0 Å². The van der Waals surface area contributed by atoms with Crippen molar-refractivity contribution in [3.63, 3.8) is 0 Å². The molecule has 0 saturated carbocycles. The van der Waals surface area contributed by atoms with E-state index in [4.69, 9.17) is 14.2 Å². The molecule has 0 N–H and O–H groups in total. The van der Waals surface area contributed by atoms with Crippen LogP contribution < -0.4 is 0 Å². The first-order valence-corrected chi connectivity index (χ1v) is 8.92. The lowest BCUT2D eigenvalue weighted by Crippen LogP contribution is -2.45. The third kappa shape index (κ3) is 8.80. The molecule has 0 aromatic rings. The number of unbranched alkanes of at least 4 members (excludes halogenated alkanes) is 4. The molecule has 0 aliphatic carbocycles. The highest BCUT2D eigenvalue weighted by molar-refractivity contribution is 4.83. The van der Waals surface area contributed by atoms with Gasteiger partial charge in [0.25, 0.3) is 0 Å². The predicted molar refractivity (Wildman–Crippen MR) is 87.7 cm³/mol. The zero-order valence-corrected chi connectivity index (χ0v) is 14.5. The fourth-order valence-electron chi connectivity index (χ4n) is 2.58. The second-order valence-corrected chi connectivity index (χ2v) is 6.96. The predicted octanol–water partition coefficient (Wildman–Crippen LogP) is 4.44. The monoisotopic (exact) mass is 300 g/mol. The van der Waals surface area contributed by atoms with Crippen LogP contribution in [0.2, 0.25) is 0 Å². The van der Waals surface area contributed by atoms with E-state index in [1.165, 1.54) is 38.5 Å². The van der Waals surface area contributed by atoms with Crippen LogP contribution in [0, 0.1) is 11.3 Å². The number of hydrogen-bond donors (Lipinski definition) is 0. The van der Waals surface area contributed by atoms with E-state index in [1.54, 1.807) is 0 Å². The Balaban J connectivity index is 1.75. The highest BCUT2D eigenvalue weighted by atomic mass is 16.5. The Bertz CT molecular complexity index is 231. The van der Waals surface area contributed by atoms with E-state index in [0.717, 1.165) is 52.0 Å². The zero-order chi connectivity index (χ0) is 15.4. The van der Waals surface area contributed by atoms with Crippen LogP contribution in [-0.2, 0) is 14.2 Å². The summed E-state index contributed by atoms with van der Waals surface area (Å²) in [6, 6.07) is 0. The summed E-state index contributed by atoms with van der Waals surface area (Å²) in [5, 5.41) is 0. The average molecular weight is 300 g/mol. The topological polar surface area (TPSA) is 27.7 Å². The zero-order valence-electron chi connectivity index (χ0n) is 14.5. The van der Waals surface area contributed by atoms with Crippen LogP contribution in [0.4, 0.5) is 0 Å². The molecular formula is C18H36O3. The molecule has 1 heterocycles. The molecular weight excluding hydrogens is 264 g/mol. The van der Waals surface area contributed by atoms with E-state index in [2.05, 4.69) is 20.8 Å². The standard InChI is InChI=1S/C18H36O3/c1-4-18(15-21-16-18)14-20-13-12-19-11-9-7-5-6-8-10-17(2)3/h17H,4-16H2,1-3H3. The van der Waals surface area contributed by atoms with E-state index in [-0.39, 0.29) is 0 Å². The second-order valence-electron chi connectivity index (χ2n) is 6.96. The summed E-state index contributed by atoms with van der Waals surface area (Å²) in [4.78, 5) is 0. The van der Waals surface area contributed by atoms with Gasteiger partial charge in [0.2, 0.25) is 0 Å². The average Bonchev–Trinajstić information content (AvgIpc) is 2.42. The van der Waals surface area contributed by atoms with Crippen molar-refractivity contribution < 1.29 is 14.2 Å². The van der Waals surface area contributed by atoms with Crippen molar-refractivity contribution in [3.8, 4) is 0 Å². The normalized spacial score (nSPS) is 17.1. The van der Waals surface area contributed by atoms with Gasteiger partial charge in [0, 0.05) is 12.0 Å². The minimum absolute atomic E-state index is 0.302. The molecule has 1 rings (SSSR count). The van der Waals surface area contributed by atoms with Crippen LogP contribution in [-0.4, -0.2) is 39.6 Å². The highest BCUT2D eigenvalue weighted by Crippen LogP contribution is 2.31. The van der Waals surface area contributed by atoms with Crippen molar-refractivity contribution in [3.05, 3.63) is 0 Å². The van der Waals surface area contributed by atoms with Crippen molar-refractivity contribution in [1.82, 2.24) is 0 Å². The molecule has 3 heteroatoms. The Morgan fingerprint density at radius 3 is 2.19 bits per heavy atom. The van der Waals surface area contributed by atoms with Gasteiger partial charge < -0.3 is 14.2 Å². The van der Waals surface area contributed by atoms with Crippen LogP contribution in [0.5, 0.6) is 0 Å². The summed E-state index contributed by atoms with van der Waals surface area (Å²) in [5.41, 5.74) is 0.302. The van der Waals surface area contributed by atoms with Crippen molar-refractivity contribution in [2.45, 2.75) is 65.7 Å². The number of hydrogen-bond acceptors (Lipinski definition) is 3. The van der Waals surface area contributed by atoms with Crippen LogP contribution in [0.25, 0.3) is 0 Å². The van der Waals surface area contributed by atoms with E-state index in [0.29, 0.717) is 5.41 Å². The first kappa shape index (κ1) is 18.9. The van der Waals surface area contributed by atoms with Crippen LogP contribution >= 0.6 is 0 Å². The minimum Gasteiger partial charge on any atom is -0.380 e. The summed E-state index contributed by atoms with van der Waals surface area (Å²) in [7, 11) is 0. The maximum Gasteiger partial charge on any atom is 0.0700 e. The van der Waals surface area contributed by atoms with Crippen molar-refractivity contribution in [2.75, 3.05) is 39.6 Å². The fraction of sp³-hybridized carbons (Fsp3) is 1.00. The fourth-order valence-corrected chi connectivity index (χ4v) is 2.58. The largest absolute Gasteiger partial charge is 0.380 e. The molecule has 1 aliphatic rings.